The van der Waals surface area contributed by atoms with Crippen molar-refractivity contribution < 1.29 is 4.79 Å². The molecule has 0 N–H and O–H groups in total. The van der Waals surface area contributed by atoms with E-state index < -0.39 is 0 Å². The van der Waals surface area contributed by atoms with Crippen molar-refractivity contribution in [3.8, 4) is 0 Å². The first kappa shape index (κ1) is 11.7. The Morgan fingerprint density at radius 1 is 1.17 bits per heavy atom. The monoisotopic (exact) mass is 303 g/mol. The second-order valence-corrected chi connectivity index (χ2v) is 5.36. The van der Waals surface area contributed by atoms with Crippen molar-refractivity contribution in [3.63, 3.8) is 0 Å². The lowest BCUT2D eigenvalue weighted by Gasteiger charge is -2.31. The van der Waals surface area contributed by atoms with Crippen molar-refractivity contribution in [2.45, 2.75) is 12.5 Å². The number of halogens is 1. The van der Waals surface area contributed by atoms with Gasteiger partial charge in [-0.25, -0.2) is 0 Å². The van der Waals surface area contributed by atoms with Crippen molar-refractivity contribution in [2.75, 3.05) is 5.33 Å². The third kappa shape index (κ3) is 1.83. The van der Waals surface area contributed by atoms with E-state index in [2.05, 4.69) is 32.6 Å². The van der Waals surface area contributed by atoms with E-state index in [0.717, 1.165) is 23.1 Å². The number of nitrogens with zero attached hydrogens (tertiary/aromatic N) is 1. The van der Waals surface area contributed by atoms with Crippen molar-refractivity contribution in [1.82, 2.24) is 4.57 Å². The maximum atomic E-state index is 12.6. The minimum atomic E-state index is -0.0204. The van der Waals surface area contributed by atoms with Gasteiger partial charge in [0.1, 0.15) is 0 Å². The van der Waals surface area contributed by atoms with Crippen LogP contribution in [0, 0.1) is 5.92 Å². The number of hydrogen-bond donors (Lipinski definition) is 0. The first-order valence-electron chi connectivity index (χ1n) is 6.11. The summed E-state index contributed by atoms with van der Waals surface area (Å²) in [5, 5.41) is 0.843. The Bertz CT molecular complexity index is 561. The molecule has 2 heterocycles. The molecule has 0 unspecified atom stereocenters. The van der Waals surface area contributed by atoms with Crippen LogP contribution < -0.4 is 0 Å². The number of fused-ring (bicyclic) bond motifs is 1. The second-order valence-electron chi connectivity index (χ2n) is 4.71. The lowest BCUT2D eigenvalue weighted by Crippen LogP contribution is -2.33. The van der Waals surface area contributed by atoms with Crippen LogP contribution in [0.25, 0.3) is 0 Å². The summed E-state index contributed by atoms with van der Waals surface area (Å²) in [6, 6.07) is 14.0. The van der Waals surface area contributed by atoms with E-state index in [1.54, 1.807) is 0 Å². The number of hydrogen-bond acceptors (Lipinski definition) is 1. The van der Waals surface area contributed by atoms with Crippen LogP contribution in [-0.2, 0) is 6.54 Å². The third-order valence-electron chi connectivity index (χ3n) is 3.62. The van der Waals surface area contributed by atoms with Crippen molar-refractivity contribution in [2.24, 2.45) is 5.92 Å². The fourth-order valence-electron chi connectivity index (χ4n) is 2.75. The second kappa shape index (κ2) is 4.73. The molecule has 0 spiro atoms. The summed E-state index contributed by atoms with van der Waals surface area (Å²) in [6.07, 6.45) is 1.99. The molecule has 92 valence electrons. The Balaban J connectivity index is 2.06. The molecule has 0 saturated heterocycles. The molecule has 0 bridgehead atoms. The first-order chi connectivity index (χ1) is 8.81. The number of Topliss-reactive ketones (excluding diaryl/α,β-unsaturated/α-hetero) is 1. The van der Waals surface area contributed by atoms with Crippen LogP contribution in [0.15, 0.2) is 48.7 Å². The number of alkyl halides is 1. The van der Waals surface area contributed by atoms with E-state index in [-0.39, 0.29) is 11.7 Å². The highest BCUT2D eigenvalue weighted by Gasteiger charge is 2.35. The largest absolute Gasteiger partial charge is 0.345 e. The molecule has 1 aliphatic rings. The van der Waals surface area contributed by atoms with Crippen molar-refractivity contribution in [1.29, 1.82) is 0 Å². The molecule has 0 amide bonds. The summed E-state index contributed by atoms with van der Waals surface area (Å²) >= 11 is 3.55. The standard InChI is InChI=1S/C15H14BrNO/c16-9-12-10-17-8-4-7-13(17)15(18)14(12)11-5-2-1-3-6-11/h1-8,12,14H,9-10H2/t12-,14+/m1/s1. The molecule has 0 radical (unpaired) electrons. The molecule has 0 aliphatic carbocycles. The summed E-state index contributed by atoms with van der Waals surface area (Å²) in [7, 11) is 0. The summed E-state index contributed by atoms with van der Waals surface area (Å²) in [5.41, 5.74) is 1.96. The highest BCUT2D eigenvalue weighted by molar-refractivity contribution is 9.09. The van der Waals surface area contributed by atoms with Crippen LogP contribution in [-0.4, -0.2) is 15.7 Å². The van der Waals surface area contributed by atoms with E-state index in [9.17, 15) is 4.79 Å². The number of aromatic nitrogens is 1. The summed E-state index contributed by atoms with van der Waals surface area (Å²) in [4.78, 5) is 12.6. The van der Waals surface area contributed by atoms with Crippen LogP contribution >= 0.6 is 15.9 Å². The van der Waals surface area contributed by atoms with Gasteiger partial charge in [0, 0.05) is 24.0 Å². The molecule has 18 heavy (non-hydrogen) atoms. The number of rotatable bonds is 2. The van der Waals surface area contributed by atoms with Gasteiger partial charge in [-0.3, -0.25) is 4.79 Å². The lowest BCUT2D eigenvalue weighted by atomic mass is 9.80. The minimum absolute atomic E-state index is 0.0204. The number of carbonyl (C=O) groups is 1. The molecule has 2 nitrogen and oxygen atoms in total. The van der Waals surface area contributed by atoms with E-state index >= 15 is 0 Å². The SMILES string of the molecule is O=C1c2cccn2C[C@@H](CBr)[C@@H]1c1ccccc1. The van der Waals surface area contributed by atoms with Gasteiger partial charge in [-0.2, -0.15) is 0 Å². The maximum absolute atomic E-state index is 12.6. The van der Waals surface area contributed by atoms with Gasteiger partial charge < -0.3 is 4.57 Å². The zero-order valence-corrected chi connectivity index (χ0v) is 11.5. The molecule has 0 fully saturated rings. The van der Waals surface area contributed by atoms with Crippen LogP contribution in [0.4, 0.5) is 0 Å². The Morgan fingerprint density at radius 2 is 1.94 bits per heavy atom. The van der Waals surface area contributed by atoms with Gasteiger partial charge in [0.05, 0.1) is 11.6 Å². The Hall–Kier alpha value is -1.35. The molecule has 2 atom stereocenters. The zero-order valence-electron chi connectivity index (χ0n) is 9.92. The average Bonchev–Trinajstić information content (AvgIpc) is 2.88. The Kier molecular flexibility index (Phi) is 3.08. The predicted octanol–water partition coefficient (Wildman–Crippen LogP) is 3.48. The number of ketones is 1. The van der Waals surface area contributed by atoms with E-state index in [4.69, 9.17) is 0 Å². The van der Waals surface area contributed by atoms with Gasteiger partial charge in [0.2, 0.25) is 0 Å². The fraction of sp³-hybridized carbons (Fsp3) is 0.267. The molecule has 0 saturated carbocycles. The van der Waals surface area contributed by atoms with Crippen LogP contribution in [0.3, 0.4) is 0 Å². The molecule has 1 aromatic heterocycles. The molecular weight excluding hydrogens is 290 g/mol. The highest BCUT2D eigenvalue weighted by atomic mass is 79.9. The quantitative estimate of drug-likeness (QED) is 0.779. The Morgan fingerprint density at radius 3 is 2.67 bits per heavy atom. The van der Waals surface area contributed by atoms with Crippen LogP contribution in [0.5, 0.6) is 0 Å². The molecule has 1 aliphatic heterocycles. The van der Waals surface area contributed by atoms with E-state index in [0.29, 0.717) is 5.92 Å². The van der Waals surface area contributed by atoms with Gasteiger partial charge >= 0.3 is 0 Å². The molecule has 1 aromatic carbocycles. The zero-order chi connectivity index (χ0) is 12.5. The van der Waals surface area contributed by atoms with Crippen LogP contribution in [0.1, 0.15) is 22.0 Å². The van der Waals surface area contributed by atoms with Gasteiger partial charge in [0.25, 0.3) is 0 Å². The molecule has 3 heteroatoms. The number of benzene rings is 1. The third-order valence-corrected chi connectivity index (χ3v) is 4.46. The summed E-state index contributed by atoms with van der Waals surface area (Å²) in [5.74, 6) is 0.537. The smallest absolute Gasteiger partial charge is 0.187 e. The van der Waals surface area contributed by atoms with E-state index in [1.165, 1.54) is 0 Å². The molecular formula is C15H14BrNO. The van der Waals surface area contributed by atoms with Crippen molar-refractivity contribution in [3.05, 3.63) is 59.9 Å². The highest BCUT2D eigenvalue weighted by Crippen LogP contribution is 2.35. The average molecular weight is 304 g/mol. The normalized spacial score (nSPS) is 22.8. The maximum Gasteiger partial charge on any atom is 0.187 e. The minimum Gasteiger partial charge on any atom is -0.345 e. The topological polar surface area (TPSA) is 22.0 Å². The number of carbonyl (C=O) groups excluding carboxylic acids is 1. The predicted molar refractivity (Wildman–Crippen MR) is 75.2 cm³/mol. The van der Waals surface area contributed by atoms with Gasteiger partial charge in [-0.1, -0.05) is 46.3 Å². The fourth-order valence-corrected chi connectivity index (χ4v) is 3.33. The van der Waals surface area contributed by atoms with E-state index in [1.807, 2.05) is 36.5 Å². The van der Waals surface area contributed by atoms with Crippen molar-refractivity contribution >= 4 is 21.7 Å². The Labute approximate surface area is 115 Å². The lowest BCUT2D eigenvalue weighted by molar-refractivity contribution is 0.0893. The summed E-state index contributed by atoms with van der Waals surface area (Å²) < 4.78 is 2.06. The van der Waals surface area contributed by atoms with Gasteiger partial charge in [-0.15, -0.1) is 0 Å². The van der Waals surface area contributed by atoms with Gasteiger partial charge in [0.15, 0.2) is 5.78 Å². The molecule has 2 aromatic rings. The molecule has 3 rings (SSSR count). The van der Waals surface area contributed by atoms with Crippen LogP contribution in [0.2, 0.25) is 0 Å². The first-order valence-corrected chi connectivity index (χ1v) is 7.23. The van der Waals surface area contributed by atoms with Gasteiger partial charge in [-0.05, 0) is 17.7 Å². The summed E-state index contributed by atoms with van der Waals surface area (Å²) in [6.45, 7) is 0.902.